The molecule has 13 heteroatoms. The maximum absolute atomic E-state index is 15.3. The molecule has 2 aromatic carbocycles. The third-order valence-corrected chi connectivity index (χ3v) is 8.63. The van der Waals surface area contributed by atoms with E-state index in [1.165, 1.54) is 31.1 Å². The van der Waals surface area contributed by atoms with Crippen LogP contribution in [0.4, 0.5) is 13.6 Å². The number of carbonyl (C=O) groups is 2. The molecule has 0 saturated carbocycles. The third kappa shape index (κ3) is 4.66. The first kappa shape index (κ1) is 28.0. The standard InChI is InChI=1S/C29H28F2N4O6S/c1-3-40-29(38)32(2)16-41-27-21(36)10-11-34-26(27)28(37)33-12-13-39-14-23(33)35(34)25-17-8-9-20(30)24(31)19(17)15-42-22-7-5-4-6-18(22)25/h4-11,23,25H,3,12-16H2,1-2H3/t23-,25+/m1/s1. The summed E-state index contributed by atoms with van der Waals surface area (Å²) in [7, 11) is 1.45. The second-order valence-corrected chi connectivity index (χ2v) is 11.0. The molecule has 1 saturated heterocycles. The van der Waals surface area contributed by atoms with Gasteiger partial charge in [0.15, 0.2) is 29.8 Å². The lowest BCUT2D eigenvalue weighted by Crippen LogP contribution is -2.66. The van der Waals surface area contributed by atoms with Gasteiger partial charge in [-0.1, -0.05) is 24.3 Å². The van der Waals surface area contributed by atoms with E-state index in [4.69, 9.17) is 14.2 Å². The minimum Gasteiger partial charge on any atom is -0.466 e. The van der Waals surface area contributed by atoms with Crippen molar-refractivity contribution < 1.29 is 32.6 Å². The normalized spacial score (nSPS) is 19.2. The fourth-order valence-corrected chi connectivity index (χ4v) is 6.67. The van der Waals surface area contributed by atoms with E-state index in [0.29, 0.717) is 5.56 Å². The van der Waals surface area contributed by atoms with Gasteiger partial charge >= 0.3 is 6.09 Å². The summed E-state index contributed by atoms with van der Waals surface area (Å²) in [5.41, 5.74) is 0.971. The molecular weight excluding hydrogens is 570 g/mol. The number of thioether (sulfide) groups is 1. The Kier molecular flexibility index (Phi) is 7.54. The van der Waals surface area contributed by atoms with Crippen molar-refractivity contribution in [1.82, 2.24) is 14.5 Å². The van der Waals surface area contributed by atoms with Gasteiger partial charge in [-0.2, -0.15) is 0 Å². The van der Waals surface area contributed by atoms with Gasteiger partial charge in [-0.25, -0.2) is 13.6 Å². The maximum atomic E-state index is 15.3. The van der Waals surface area contributed by atoms with Gasteiger partial charge < -0.3 is 19.1 Å². The molecule has 3 aliphatic heterocycles. The topological polar surface area (TPSA) is 93.5 Å². The molecule has 1 fully saturated rings. The highest BCUT2D eigenvalue weighted by Crippen LogP contribution is 2.45. The lowest BCUT2D eigenvalue weighted by Gasteiger charge is -2.51. The number of nitrogens with zero attached hydrogens (tertiary/aromatic N) is 4. The highest BCUT2D eigenvalue weighted by atomic mass is 32.2. The summed E-state index contributed by atoms with van der Waals surface area (Å²) in [5, 5.41) is 1.86. The second-order valence-electron chi connectivity index (χ2n) is 9.96. The number of hydrogen-bond acceptors (Lipinski definition) is 8. The van der Waals surface area contributed by atoms with Gasteiger partial charge in [-0.05, 0) is 30.2 Å². The van der Waals surface area contributed by atoms with Crippen molar-refractivity contribution in [2.24, 2.45) is 0 Å². The Labute approximate surface area is 244 Å². The van der Waals surface area contributed by atoms with Crippen molar-refractivity contribution in [3.63, 3.8) is 0 Å². The molecule has 220 valence electrons. The lowest BCUT2D eigenvalue weighted by molar-refractivity contribution is -0.0200. The molecular formula is C29H28F2N4O6S. The molecule has 0 radical (unpaired) electrons. The Morgan fingerprint density at radius 1 is 1.14 bits per heavy atom. The molecule has 6 rings (SSSR count). The summed E-state index contributed by atoms with van der Waals surface area (Å²) in [6, 6.07) is 10.8. The van der Waals surface area contributed by atoms with Crippen LogP contribution < -0.4 is 15.2 Å². The van der Waals surface area contributed by atoms with Crippen molar-refractivity contribution in [2.45, 2.75) is 29.8 Å². The predicted molar refractivity (Wildman–Crippen MR) is 149 cm³/mol. The van der Waals surface area contributed by atoms with Crippen molar-refractivity contribution in [3.8, 4) is 5.75 Å². The van der Waals surface area contributed by atoms with Gasteiger partial charge in [0.25, 0.3) is 5.91 Å². The summed E-state index contributed by atoms with van der Waals surface area (Å²) in [6.45, 7) is 2.14. The fraction of sp³-hybridized carbons (Fsp3) is 0.345. The number of morpholine rings is 1. The number of pyridine rings is 1. The number of aromatic nitrogens is 1. The Morgan fingerprint density at radius 2 is 1.95 bits per heavy atom. The van der Waals surface area contributed by atoms with Gasteiger partial charge in [-0.3, -0.25) is 24.2 Å². The fourth-order valence-electron chi connectivity index (χ4n) is 5.56. The van der Waals surface area contributed by atoms with Crippen LogP contribution in [0.5, 0.6) is 5.75 Å². The molecule has 0 aliphatic carbocycles. The van der Waals surface area contributed by atoms with Crippen molar-refractivity contribution >= 4 is 23.8 Å². The predicted octanol–water partition coefficient (Wildman–Crippen LogP) is 3.70. The minimum absolute atomic E-state index is 0.0450. The first-order valence-electron chi connectivity index (χ1n) is 13.4. The molecule has 2 atom stereocenters. The molecule has 1 aromatic heterocycles. The highest BCUT2D eigenvalue weighted by molar-refractivity contribution is 7.98. The van der Waals surface area contributed by atoms with Crippen LogP contribution in [0.25, 0.3) is 0 Å². The van der Waals surface area contributed by atoms with Gasteiger partial charge in [0.05, 0.1) is 25.9 Å². The van der Waals surface area contributed by atoms with Crippen molar-refractivity contribution in [3.05, 3.63) is 92.9 Å². The zero-order valence-corrected chi connectivity index (χ0v) is 23.7. The Morgan fingerprint density at radius 3 is 2.76 bits per heavy atom. The zero-order chi connectivity index (χ0) is 29.5. The van der Waals surface area contributed by atoms with Crippen LogP contribution >= 0.6 is 11.8 Å². The minimum atomic E-state index is -0.944. The number of hydrogen-bond donors (Lipinski definition) is 0. The van der Waals surface area contributed by atoms with Crippen molar-refractivity contribution in [1.29, 1.82) is 0 Å². The van der Waals surface area contributed by atoms with E-state index in [1.54, 1.807) is 22.6 Å². The van der Waals surface area contributed by atoms with Gasteiger partial charge in [0.2, 0.25) is 5.43 Å². The van der Waals surface area contributed by atoms with Crippen LogP contribution in [-0.4, -0.2) is 72.8 Å². The van der Waals surface area contributed by atoms with Gasteiger partial charge in [0, 0.05) is 42.1 Å². The van der Waals surface area contributed by atoms with E-state index in [9.17, 15) is 18.8 Å². The van der Waals surface area contributed by atoms with Crippen LogP contribution in [0.15, 0.2) is 58.4 Å². The van der Waals surface area contributed by atoms with E-state index < -0.39 is 41.3 Å². The molecule has 2 amide bonds. The van der Waals surface area contributed by atoms with Gasteiger partial charge in [0.1, 0.15) is 6.17 Å². The van der Waals surface area contributed by atoms with E-state index in [0.717, 1.165) is 21.4 Å². The lowest BCUT2D eigenvalue weighted by atomic mass is 9.93. The number of benzene rings is 2. The number of amides is 2. The Bertz CT molecular complexity index is 1620. The molecule has 0 unspecified atom stereocenters. The first-order chi connectivity index (χ1) is 20.3. The van der Waals surface area contributed by atoms with Crippen LogP contribution in [0, 0.1) is 11.6 Å². The summed E-state index contributed by atoms with van der Waals surface area (Å²) < 4.78 is 48.0. The first-order valence-corrected chi connectivity index (χ1v) is 14.4. The largest absolute Gasteiger partial charge is 0.466 e. The maximum Gasteiger partial charge on any atom is 0.412 e. The van der Waals surface area contributed by atoms with Crippen LogP contribution in [-0.2, 0) is 15.2 Å². The monoisotopic (exact) mass is 598 g/mol. The molecule has 0 N–H and O–H groups in total. The molecule has 0 spiro atoms. The Hall–Kier alpha value is -4.10. The summed E-state index contributed by atoms with van der Waals surface area (Å²) >= 11 is 1.40. The molecule has 3 aromatic rings. The summed E-state index contributed by atoms with van der Waals surface area (Å²) in [5.74, 6) is -2.35. The van der Waals surface area contributed by atoms with Gasteiger partial charge in [-0.15, -0.1) is 11.8 Å². The number of ether oxygens (including phenoxy) is 3. The zero-order valence-electron chi connectivity index (χ0n) is 22.9. The number of rotatable bonds is 5. The van der Waals surface area contributed by atoms with E-state index in [-0.39, 0.29) is 55.9 Å². The van der Waals surface area contributed by atoms with Crippen LogP contribution in [0.2, 0.25) is 0 Å². The van der Waals surface area contributed by atoms with Crippen LogP contribution in [0.1, 0.15) is 40.1 Å². The van der Waals surface area contributed by atoms with Crippen molar-refractivity contribution in [2.75, 3.05) is 45.2 Å². The molecule has 42 heavy (non-hydrogen) atoms. The third-order valence-electron chi connectivity index (χ3n) is 7.51. The molecule has 0 bridgehead atoms. The Balaban J connectivity index is 1.55. The average Bonchev–Trinajstić information content (AvgIpc) is 3.16. The number of halogens is 2. The number of carbonyl (C=O) groups excluding carboxylic acids is 2. The van der Waals surface area contributed by atoms with E-state index >= 15 is 4.39 Å². The second kappa shape index (κ2) is 11.3. The molecule has 10 nitrogen and oxygen atoms in total. The number of fused-ring (bicyclic) bond motifs is 4. The highest BCUT2D eigenvalue weighted by Gasteiger charge is 2.46. The quantitative estimate of drug-likeness (QED) is 0.411. The average molecular weight is 599 g/mol. The van der Waals surface area contributed by atoms with E-state index in [2.05, 4.69) is 0 Å². The molecule has 3 aliphatic rings. The summed E-state index contributed by atoms with van der Waals surface area (Å²) in [6.07, 6.45) is 0.185. The summed E-state index contributed by atoms with van der Waals surface area (Å²) in [4.78, 5) is 42.9. The van der Waals surface area contributed by atoms with E-state index in [1.807, 2.05) is 29.3 Å². The van der Waals surface area contributed by atoms with Crippen LogP contribution in [0.3, 0.4) is 0 Å². The smallest absolute Gasteiger partial charge is 0.412 e. The SMILES string of the molecule is CCOC(=O)N(C)COc1c2n(ccc1=O)N([C@@H]1c3ccccc3SCc3c1ccc(F)c3F)[C@@H]1COCCN1C2=O. The molecule has 4 heterocycles.